The normalized spacial score (nSPS) is 18.1. The van der Waals surface area contributed by atoms with Gasteiger partial charge in [0.05, 0.1) is 35.9 Å². The quantitative estimate of drug-likeness (QED) is 0.276. The SMILES string of the molecule is C[C@@H](OCC1(c2ccccc2)CC=C(C(N)=O)CN1C(=O)OCc1ccccc1)c1cc(C(F)(F)F)cc(C(F)(F)F)c1. The summed E-state index contributed by atoms with van der Waals surface area (Å²) in [6.45, 7) is 0.592. The van der Waals surface area contributed by atoms with Gasteiger partial charge in [-0.1, -0.05) is 66.7 Å². The Hall–Kier alpha value is -4.32. The Labute approximate surface area is 243 Å². The Balaban J connectivity index is 1.71. The predicted molar refractivity (Wildman–Crippen MR) is 144 cm³/mol. The maximum absolute atomic E-state index is 13.6. The highest BCUT2D eigenvalue weighted by Gasteiger charge is 2.46. The minimum absolute atomic E-state index is 0.00116. The van der Waals surface area contributed by atoms with Crippen molar-refractivity contribution in [1.82, 2.24) is 4.90 Å². The molecule has 0 fully saturated rings. The smallest absolute Gasteiger partial charge is 0.416 e. The summed E-state index contributed by atoms with van der Waals surface area (Å²) in [7, 11) is 0. The average Bonchev–Trinajstić information content (AvgIpc) is 2.98. The number of primary amides is 1. The highest BCUT2D eigenvalue weighted by Crippen LogP contribution is 2.41. The van der Waals surface area contributed by atoms with E-state index >= 15 is 0 Å². The van der Waals surface area contributed by atoms with Gasteiger partial charge >= 0.3 is 18.4 Å². The summed E-state index contributed by atoms with van der Waals surface area (Å²) < 4.78 is 92.5. The van der Waals surface area contributed by atoms with Crippen LogP contribution >= 0.6 is 0 Å². The number of halogens is 6. The summed E-state index contributed by atoms with van der Waals surface area (Å²) in [5.41, 5.74) is 2.24. The van der Waals surface area contributed by atoms with Gasteiger partial charge in [0.15, 0.2) is 0 Å². The molecule has 0 saturated carbocycles. The molecule has 4 rings (SSSR count). The minimum atomic E-state index is -5.03. The zero-order valence-corrected chi connectivity index (χ0v) is 22.9. The largest absolute Gasteiger partial charge is 0.445 e. The first kappa shape index (κ1) is 31.6. The van der Waals surface area contributed by atoms with Gasteiger partial charge < -0.3 is 15.2 Å². The maximum Gasteiger partial charge on any atom is 0.416 e. The first-order chi connectivity index (χ1) is 20.2. The average molecular weight is 607 g/mol. The summed E-state index contributed by atoms with van der Waals surface area (Å²) >= 11 is 0. The van der Waals surface area contributed by atoms with Crippen molar-refractivity contribution in [2.45, 2.75) is 43.9 Å². The highest BCUT2D eigenvalue weighted by atomic mass is 19.4. The molecule has 0 aromatic heterocycles. The van der Waals surface area contributed by atoms with Crippen LogP contribution in [0.5, 0.6) is 0 Å². The van der Waals surface area contributed by atoms with Gasteiger partial charge in [0.25, 0.3) is 0 Å². The van der Waals surface area contributed by atoms with Gasteiger partial charge in [-0.25, -0.2) is 4.79 Å². The van der Waals surface area contributed by atoms with Gasteiger partial charge in [-0.2, -0.15) is 26.3 Å². The number of nitrogens with zero attached hydrogens (tertiary/aromatic N) is 1. The van der Waals surface area contributed by atoms with Crippen LogP contribution in [0, 0.1) is 0 Å². The number of carbonyl (C=O) groups is 2. The van der Waals surface area contributed by atoms with Crippen molar-refractivity contribution in [3.63, 3.8) is 0 Å². The number of hydrogen-bond acceptors (Lipinski definition) is 4. The Morgan fingerprint density at radius 1 is 0.907 bits per heavy atom. The van der Waals surface area contributed by atoms with Gasteiger partial charge in [0, 0.05) is 5.57 Å². The third kappa shape index (κ3) is 7.37. The van der Waals surface area contributed by atoms with Crippen molar-refractivity contribution in [3.8, 4) is 0 Å². The third-order valence-corrected chi connectivity index (χ3v) is 7.24. The number of hydrogen-bond donors (Lipinski definition) is 1. The summed E-state index contributed by atoms with van der Waals surface area (Å²) in [6.07, 6.45) is -10.6. The molecular weight excluding hydrogens is 578 g/mol. The predicted octanol–water partition coefficient (Wildman–Crippen LogP) is 7.15. The summed E-state index contributed by atoms with van der Waals surface area (Å²) in [6, 6.07) is 18.6. The van der Waals surface area contributed by atoms with Crippen LogP contribution < -0.4 is 5.73 Å². The van der Waals surface area contributed by atoms with Crippen molar-refractivity contribution in [1.29, 1.82) is 0 Å². The number of alkyl halides is 6. The lowest BCUT2D eigenvalue weighted by atomic mass is 9.81. The van der Waals surface area contributed by atoms with E-state index in [0.717, 1.165) is 0 Å². The van der Waals surface area contributed by atoms with E-state index in [2.05, 4.69) is 0 Å². The van der Waals surface area contributed by atoms with Crippen LogP contribution in [0.4, 0.5) is 31.1 Å². The molecule has 228 valence electrons. The second kappa shape index (κ2) is 12.5. The maximum atomic E-state index is 13.6. The molecule has 1 heterocycles. The Morgan fingerprint density at radius 2 is 1.47 bits per heavy atom. The lowest BCUT2D eigenvalue weighted by Gasteiger charge is -2.46. The monoisotopic (exact) mass is 606 g/mol. The minimum Gasteiger partial charge on any atom is -0.445 e. The summed E-state index contributed by atoms with van der Waals surface area (Å²) in [5, 5.41) is 0. The molecule has 0 bridgehead atoms. The van der Waals surface area contributed by atoms with Gasteiger partial charge in [-0.05, 0) is 48.2 Å². The molecule has 3 aromatic carbocycles. The number of nitrogens with two attached hydrogens (primary N) is 1. The second-order valence-corrected chi connectivity index (χ2v) is 10.1. The Morgan fingerprint density at radius 3 is 2.00 bits per heavy atom. The fourth-order valence-electron chi connectivity index (χ4n) is 4.82. The number of ether oxygens (including phenoxy) is 2. The van der Waals surface area contributed by atoms with E-state index in [-0.39, 0.29) is 43.4 Å². The van der Waals surface area contributed by atoms with Crippen LogP contribution in [0.2, 0.25) is 0 Å². The topological polar surface area (TPSA) is 81.9 Å². The van der Waals surface area contributed by atoms with Crippen LogP contribution in [0.3, 0.4) is 0 Å². The van der Waals surface area contributed by atoms with E-state index in [1.165, 1.54) is 17.9 Å². The second-order valence-electron chi connectivity index (χ2n) is 10.1. The fourth-order valence-corrected chi connectivity index (χ4v) is 4.82. The lowest BCUT2D eigenvalue weighted by Crippen LogP contribution is -2.55. The molecule has 1 aliphatic heterocycles. The number of carbonyl (C=O) groups excluding carboxylic acids is 2. The van der Waals surface area contributed by atoms with Crippen molar-refractivity contribution in [3.05, 3.63) is 118 Å². The van der Waals surface area contributed by atoms with Crippen molar-refractivity contribution < 1.29 is 45.4 Å². The molecule has 43 heavy (non-hydrogen) atoms. The molecule has 0 aliphatic carbocycles. The molecule has 0 radical (unpaired) electrons. The van der Waals surface area contributed by atoms with Crippen LogP contribution in [-0.2, 0) is 38.8 Å². The van der Waals surface area contributed by atoms with E-state index in [0.29, 0.717) is 23.3 Å². The summed E-state index contributed by atoms with van der Waals surface area (Å²) in [4.78, 5) is 26.9. The van der Waals surface area contributed by atoms with Gasteiger partial charge in [-0.15, -0.1) is 0 Å². The zero-order valence-electron chi connectivity index (χ0n) is 22.9. The molecule has 12 heteroatoms. The zero-order chi connectivity index (χ0) is 31.4. The first-order valence-electron chi connectivity index (χ1n) is 13.1. The van der Waals surface area contributed by atoms with Gasteiger partial charge in [-0.3, -0.25) is 9.69 Å². The van der Waals surface area contributed by atoms with Crippen LogP contribution in [0.1, 0.15) is 47.3 Å². The molecule has 1 unspecified atom stereocenters. The molecule has 3 aromatic rings. The van der Waals surface area contributed by atoms with E-state index in [9.17, 15) is 35.9 Å². The highest BCUT2D eigenvalue weighted by molar-refractivity contribution is 5.93. The number of rotatable bonds is 8. The van der Waals surface area contributed by atoms with Gasteiger partial charge in [0.2, 0.25) is 5.91 Å². The molecule has 2 N–H and O–H groups in total. The first-order valence-corrected chi connectivity index (χ1v) is 13.1. The van der Waals surface area contributed by atoms with E-state index < -0.39 is 47.1 Å². The summed E-state index contributed by atoms with van der Waals surface area (Å²) in [5.74, 6) is -0.763. The Kier molecular flexibility index (Phi) is 9.19. The molecule has 0 saturated heterocycles. The molecule has 2 atom stereocenters. The number of amides is 2. The van der Waals surface area contributed by atoms with E-state index in [1.807, 2.05) is 0 Å². The van der Waals surface area contributed by atoms with Crippen molar-refractivity contribution in [2.75, 3.05) is 13.2 Å². The van der Waals surface area contributed by atoms with Crippen LogP contribution in [0.15, 0.2) is 90.5 Å². The van der Waals surface area contributed by atoms with Crippen molar-refractivity contribution >= 4 is 12.0 Å². The lowest BCUT2D eigenvalue weighted by molar-refractivity contribution is -0.143. The fraction of sp³-hybridized carbons (Fsp3) is 0.290. The Bertz CT molecular complexity index is 1440. The van der Waals surface area contributed by atoms with Crippen LogP contribution in [-0.4, -0.2) is 30.1 Å². The van der Waals surface area contributed by atoms with Crippen LogP contribution in [0.25, 0.3) is 0 Å². The molecule has 2 amide bonds. The molecule has 1 aliphatic rings. The molecule has 6 nitrogen and oxygen atoms in total. The molecule has 0 spiro atoms. The van der Waals surface area contributed by atoms with Crippen molar-refractivity contribution in [2.24, 2.45) is 5.73 Å². The molecular formula is C31H28F6N2O4. The standard InChI is InChI=1S/C31H28F6N2O4/c1-20(23-14-25(30(32,33)34)16-26(15-23)31(35,36)37)43-19-29(24-10-6-3-7-11-24)13-12-22(27(38)40)17-39(29)28(41)42-18-21-8-4-2-5-9-21/h2-12,14-16,20H,13,17-19H2,1H3,(H2,38,40)/t20-,29?/m1/s1. The van der Waals surface area contributed by atoms with E-state index in [1.54, 1.807) is 60.7 Å². The van der Waals surface area contributed by atoms with Gasteiger partial charge in [0.1, 0.15) is 6.61 Å². The third-order valence-electron chi connectivity index (χ3n) is 7.24. The number of benzene rings is 3. The van der Waals surface area contributed by atoms with E-state index in [4.69, 9.17) is 15.2 Å².